The Hall–Kier alpha value is -0.570. The molecule has 0 aliphatic heterocycles. The summed E-state index contributed by atoms with van der Waals surface area (Å²) in [6.45, 7) is 4.27. The average Bonchev–Trinajstić information content (AvgIpc) is 2.77. The molecule has 0 amide bonds. The van der Waals surface area contributed by atoms with Gasteiger partial charge in [0, 0.05) is 25.2 Å². The maximum atomic E-state index is 6.21. The summed E-state index contributed by atoms with van der Waals surface area (Å²) in [6, 6.07) is 12.2. The first-order valence-corrected chi connectivity index (χ1v) is 7.86. The van der Waals surface area contributed by atoms with Crippen LogP contribution < -0.4 is 0 Å². The fraction of sp³-hybridized carbons (Fsp3) is 0.200. The third-order valence-corrected chi connectivity index (χ3v) is 4.88. The van der Waals surface area contributed by atoms with Gasteiger partial charge in [-0.25, -0.2) is 0 Å². The van der Waals surface area contributed by atoms with E-state index >= 15 is 0 Å². The van der Waals surface area contributed by atoms with E-state index in [-0.39, 0.29) is 0 Å². The lowest BCUT2D eigenvalue weighted by Gasteiger charge is -2.01. The zero-order valence-electron chi connectivity index (χ0n) is 10.3. The van der Waals surface area contributed by atoms with Gasteiger partial charge in [-0.2, -0.15) is 0 Å². The molecule has 0 aliphatic carbocycles. The summed E-state index contributed by atoms with van der Waals surface area (Å²) >= 11 is 11.5. The Balaban J connectivity index is 2.32. The van der Waals surface area contributed by atoms with Crippen molar-refractivity contribution in [2.24, 2.45) is 0 Å². The standard InChI is InChI=1S/C15H14BrClS/c1-10(11(2)16)9-12-7-8-15(18-12)13-5-3-4-6-14(13)17/h3-9,11H,1-2H3/b10-9+. The van der Waals surface area contributed by atoms with Crippen LogP contribution in [0.4, 0.5) is 0 Å². The number of hydrogen-bond donors (Lipinski definition) is 0. The van der Waals surface area contributed by atoms with Crippen LogP contribution in [-0.4, -0.2) is 4.83 Å². The van der Waals surface area contributed by atoms with Crippen LogP contribution in [0.3, 0.4) is 0 Å². The minimum absolute atomic E-state index is 0.406. The quantitative estimate of drug-likeness (QED) is 0.578. The van der Waals surface area contributed by atoms with Gasteiger partial charge in [0.15, 0.2) is 0 Å². The van der Waals surface area contributed by atoms with Crippen LogP contribution >= 0.6 is 38.9 Å². The molecule has 94 valence electrons. The summed E-state index contributed by atoms with van der Waals surface area (Å²) < 4.78 is 0. The Labute approximate surface area is 125 Å². The van der Waals surface area contributed by atoms with Crippen LogP contribution in [0, 0.1) is 0 Å². The Morgan fingerprint density at radius 2 is 2.00 bits per heavy atom. The second-order valence-corrected chi connectivity index (χ2v) is 7.08. The minimum Gasteiger partial charge on any atom is -0.136 e. The van der Waals surface area contributed by atoms with Crippen molar-refractivity contribution in [2.75, 3.05) is 0 Å². The van der Waals surface area contributed by atoms with Gasteiger partial charge in [0.25, 0.3) is 0 Å². The molecule has 1 aromatic carbocycles. The first-order chi connectivity index (χ1) is 8.58. The highest BCUT2D eigenvalue weighted by Crippen LogP contribution is 2.34. The van der Waals surface area contributed by atoms with E-state index in [0.717, 1.165) is 10.6 Å². The first-order valence-electron chi connectivity index (χ1n) is 5.75. The van der Waals surface area contributed by atoms with Crippen molar-refractivity contribution < 1.29 is 0 Å². The molecule has 1 heterocycles. The zero-order chi connectivity index (χ0) is 13.1. The molecule has 0 nitrogen and oxygen atoms in total. The smallest absolute Gasteiger partial charge is 0.0492 e. The number of thiophene rings is 1. The van der Waals surface area contributed by atoms with Crippen molar-refractivity contribution in [3.8, 4) is 10.4 Å². The molecule has 0 radical (unpaired) electrons. The fourth-order valence-corrected chi connectivity index (χ4v) is 3.06. The van der Waals surface area contributed by atoms with Gasteiger partial charge in [0.05, 0.1) is 0 Å². The van der Waals surface area contributed by atoms with E-state index in [0.29, 0.717) is 4.83 Å². The van der Waals surface area contributed by atoms with Gasteiger partial charge in [-0.3, -0.25) is 0 Å². The van der Waals surface area contributed by atoms with Gasteiger partial charge in [-0.1, -0.05) is 51.3 Å². The van der Waals surface area contributed by atoms with Gasteiger partial charge in [-0.05, 0) is 38.1 Å². The number of hydrogen-bond acceptors (Lipinski definition) is 1. The van der Waals surface area contributed by atoms with Crippen molar-refractivity contribution in [1.29, 1.82) is 0 Å². The van der Waals surface area contributed by atoms with Crippen LogP contribution in [0.5, 0.6) is 0 Å². The molecule has 0 saturated carbocycles. The number of alkyl halides is 1. The zero-order valence-corrected chi connectivity index (χ0v) is 13.4. The Morgan fingerprint density at radius 1 is 1.28 bits per heavy atom. The summed E-state index contributed by atoms with van der Waals surface area (Å²) in [5.41, 5.74) is 2.43. The molecule has 1 unspecified atom stereocenters. The second-order valence-electron chi connectivity index (χ2n) is 4.19. The van der Waals surface area contributed by atoms with E-state index in [1.807, 2.05) is 18.2 Å². The molecule has 3 heteroatoms. The van der Waals surface area contributed by atoms with Gasteiger partial charge >= 0.3 is 0 Å². The second kappa shape index (κ2) is 6.05. The molecule has 1 aromatic heterocycles. The van der Waals surface area contributed by atoms with E-state index in [1.165, 1.54) is 15.3 Å². The van der Waals surface area contributed by atoms with E-state index < -0.39 is 0 Å². The summed E-state index contributed by atoms with van der Waals surface area (Å²) in [7, 11) is 0. The fourth-order valence-electron chi connectivity index (χ4n) is 1.58. The number of rotatable bonds is 3. The lowest BCUT2D eigenvalue weighted by molar-refractivity contribution is 1.16. The van der Waals surface area contributed by atoms with E-state index in [1.54, 1.807) is 11.3 Å². The maximum Gasteiger partial charge on any atom is 0.0492 e. The molecule has 18 heavy (non-hydrogen) atoms. The molecular weight excluding hydrogens is 328 g/mol. The van der Waals surface area contributed by atoms with Crippen LogP contribution in [0.2, 0.25) is 5.02 Å². The normalized spacial score (nSPS) is 13.7. The Bertz CT molecular complexity index is 569. The molecule has 0 saturated heterocycles. The van der Waals surface area contributed by atoms with Crippen molar-refractivity contribution in [3.05, 3.63) is 51.9 Å². The monoisotopic (exact) mass is 340 g/mol. The largest absolute Gasteiger partial charge is 0.136 e. The third kappa shape index (κ3) is 3.25. The first kappa shape index (κ1) is 13.9. The van der Waals surface area contributed by atoms with Gasteiger partial charge < -0.3 is 0 Å². The summed E-state index contributed by atoms with van der Waals surface area (Å²) in [5.74, 6) is 0. The van der Waals surface area contributed by atoms with Crippen molar-refractivity contribution >= 4 is 44.9 Å². The summed E-state index contributed by atoms with van der Waals surface area (Å²) in [4.78, 5) is 2.87. The predicted octanol–water partition coefficient (Wildman–Crippen LogP) is 6.26. The highest BCUT2D eigenvalue weighted by Gasteiger charge is 2.06. The van der Waals surface area contributed by atoms with Gasteiger partial charge in [-0.15, -0.1) is 11.3 Å². The van der Waals surface area contributed by atoms with Crippen molar-refractivity contribution in [3.63, 3.8) is 0 Å². The SMILES string of the molecule is C/C(=C\c1ccc(-c2ccccc2Cl)s1)C(C)Br. The van der Waals surface area contributed by atoms with E-state index in [4.69, 9.17) is 11.6 Å². The van der Waals surface area contributed by atoms with Crippen LogP contribution in [0.25, 0.3) is 16.5 Å². The lowest BCUT2D eigenvalue weighted by atomic mass is 10.2. The highest BCUT2D eigenvalue weighted by molar-refractivity contribution is 9.09. The topological polar surface area (TPSA) is 0 Å². The highest BCUT2D eigenvalue weighted by atomic mass is 79.9. The molecule has 2 rings (SSSR count). The molecule has 2 aromatic rings. The molecular formula is C15H14BrClS. The lowest BCUT2D eigenvalue weighted by Crippen LogP contribution is -1.89. The number of halogens is 2. The van der Waals surface area contributed by atoms with E-state index in [9.17, 15) is 0 Å². The van der Waals surface area contributed by atoms with Crippen LogP contribution in [0.15, 0.2) is 42.0 Å². The molecule has 1 atom stereocenters. The Kier molecular flexibility index (Phi) is 4.66. The summed E-state index contributed by atoms with van der Waals surface area (Å²) in [5, 5.41) is 0.806. The van der Waals surface area contributed by atoms with Gasteiger partial charge in [0.1, 0.15) is 0 Å². The maximum absolute atomic E-state index is 6.21. The minimum atomic E-state index is 0.406. The van der Waals surface area contributed by atoms with E-state index in [2.05, 4.69) is 54.1 Å². The average molecular weight is 342 g/mol. The molecule has 0 spiro atoms. The molecule has 0 N–H and O–H groups in total. The number of benzene rings is 1. The third-order valence-electron chi connectivity index (χ3n) is 2.76. The predicted molar refractivity (Wildman–Crippen MR) is 86.8 cm³/mol. The van der Waals surface area contributed by atoms with Crippen molar-refractivity contribution in [1.82, 2.24) is 0 Å². The molecule has 0 aliphatic rings. The van der Waals surface area contributed by atoms with Crippen LogP contribution in [0.1, 0.15) is 18.7 Å². The molecule has 0 fully saturated rings. The Morgan fingerprint density at radius 3 is 2.67 bits per heavy atom. The van der Waals surface area contributed by atoms with Crippen molar-refractivity contribution in [2.45, 2.75) is 18.7 Å². The molecule has 0 bridgehead atoms. The summed E-state index contributed by atoms with van der Waals surface area (Å²) in [6.07, 6.45) is 2.21. The number of allylic oxidation sites excluding steroid dienone is 1. The van der Waals surface area contributed by atoms with Gasteiger partial charge in [0.2, 0.25) is 0 Å². The van der Waals surface area contributed by atoms with Crippen LogP contribution in [-0.2, 0) is 0 Å².